The molecule has 0 atom stereocenters. The van der Waals surface area contributed by atoms with Gasteiger partial charge < -0.3 is 0 Å². The highest BCUT2D eigenvalue weighted by Gasteiger charge is 2.49. The molecule has 6 heterocycles. The maximum Gasteiger partial charge on any atom is 0.246 e. The number of rotatable bonds is 0. The molecular formula is C36H18B2N2. The zero-order valence-electron chi connectivity index (χ0n) is 21.4. The van der Waals surface area contributed by atoms with Crippen LogP contribution in [0.4, 0.5) is 0 Å². The van der Waals surface area contributed by atoms with Crippen molar-refractivity contribution in [1.29, 1.82) is 0 Å². The first-order valence-electron chi connectivity index (χ1n) is 14.1. The molecule has 0 aliphatic carbocycles. The Balaban J connectivity index is 1.47. The van der Waals surface area contributed by atoms with Gasteiger partial charge >= 0.3 is 0 Å². The van der Waals surface area contributed by atoms with E-state index in [1.54, 1.807) is 0 Å². The molecule has 5 aromatic carbocycles. The maximum absolute atomic E-state index is 5.13. The van der Waals surface area contributed by atoms with Gasteiger partial charge in [0, 0.05) is 24.2 Å². The van der Waals surface area contributed by atoms with Crippen LogP contribution < -0.4 is 32.8 Å². The Morgan fingerprint density at radius 3 is 1.75 bits per heavy atom. The van der Waals surface area contributed by atoms with Crippen LogP contribution in [0.2, 0.25) is 0 Å². The van der Waals surface area contributed by atoms with Crippen LogP contribution in [0, 0.1) is 0 Å². The van der Waals surface area contributed by atoms with E-state index in [0.29, 0.717) is 0 Å². The summed E-state index contributed by atoms with van der Waals surface area (Å²) < 4.78 is 0. The van der Waals surface area contributed by atoms with Crippen LogP contribution in [0.3, 0.4) is 0 Å². The third-order valence-corrected chi connectivity index (χ3v) is 10.0. The van der Waals surface area contributed by atoms with E-state index >= 15 is 0 Å². The molecule has 0 fully saturated rings. The lowest BCUT2D eigenvalue weighted by atomic mass is 9.33. The zero-order valence-corrected chi connectivity index (χ0v) is 21.4. The SMILES string of the molecule is c1cnc2c(c1)B1c3c-2c2c4c(c3-c3cccc5cccc1c35)-c1cnccc1B4c1cccc3cccc-2c13. The molecule has 4 heteroatoms. The van der Waals surface area contributed by atoms with E-state index < -0.39 is 0 Å². The Morgan fingerprint density at radius 2 is 1.02 bits per heavy atom. The van der Waals surface area contributed by atoms with E-state index in [9.17, 15) is 0 Å². The number of aromatic nitrogens is 2. The number of benzene rings is 5. The lowest BCUT2D eigenvalue weighted by Gasteiger charge is -2.32. The van der Waals surface area contributed by atoms with Crippen LogP contribution in [-0.2, 0) is 0 Å². The van der Waals surface area contributed by atoms with Gasteiger partial charge in [0.1, 0.15) is 0 Å². The predicted molar refractivity (Wildman–Crippen MR) is 168 cm³/mol. The quantitative estimate of drug-likeness (QED) is 0.297. The molecule has 2 nitrogen and oxygen atoms in total. The molecule has 0 unspecified atom stereocenters. The van der Waals surface area contributed by atoms with E-state index in [1.807, 2.05) is 12.4 Å². The minimum Gasteiger partial charge on any atom is -0.264 e. The summed E-state index contributed by atoms with van der Waals surface area (Å²) in [5.41, 5.74) is 19.0. The predicted octanol–water partition coefficient (Wildman–Crippen LogP) is 3.74. The molecule has 2 aromatic heterocycles. The van der Waals surface area contributed by atoms with Crippen molar-refractivity contribution in [3.63, 3.8) is 0 Å². The first-order valence-corrected chi connectivity index (χ1v) is 14.1. The minimum absolute atomic E-state index is 0.171. The third kappa shape index (κ3) is 2.04. The second-order valence-electron chi connectivity index (χ2n) is 11.6. The van der Waals surface area contributed by atoms with Crippen molar-refractivity contribution >= 4 is 67.7 Å². The second-order valence-corrected chi connectivity index (χ2v) is 11.6. The molecule has 0 bridgehead atoms. The Bertz CT molecular complexity index is 2180. The Labute approximate surface area is 231 Å². The number of hydrogen-bond donors (Lipinski definition) is 0. The first-order chi connectivity index (χ1) is 19.9. The first kappa shape index (κ1) is 20.0. The van der Waals surface area contributed by atoms with E-state index in [2.05, 4.69) is 97.2 Å². The fraction of sp³-hybridized carbons (Fsp3) is 0. The summed E-state index contributed by atoms with van der Waals surface area (Å²) in [5, 5.41) is 5.38. The van der Waals surface area contributed by atoms with E-state index in [-0.39, 0.29) is 13.4 Å². The van der Waals surface area contributed by atoms with Crippen LogP contribution in [0.5, 0.6) is 0 Å². The highest BCUT2D eigenvalue weighted by atomic mass is 14.7. The molecule has 0 spiro atoms. The van der Waals surface area contributed by atoms with E-state index in [4.69, 9.17) is 9.97 Å². The van der Waals surface area contributed by atoms with Crippen molar-refractivity contribution in [3.8, 4) is 44.6 Å². The van der Waals surface area contributed by atoms with Gasteiger partial charge in [-0.25, -0.2) is 0 Å². The lowest BCUT2D eigenvalue weighted by molar-refractivity contribution is 1.35. The molecular weight excluding hydrogens is 482 g/mol. The Morgan fingerprint density at radius 1 is 0.450 bits per heavy atom. The summed E-state index contributed by atoms with van der Waals surface area (Å²) in [5.74, 6) is 0. The fourth-order valence-corrected chi connectivity index (χ4v) is 8.77. The van der Waals surface area contributed by atoms with Crippen LogP contribution in [0.1, 0.15) is 0 Å². The van der Waals surface area contributed by atoms with Crippen LogP contribution in [0.15, 0.2) is 110 Å². The van der Waals surface area contributed by atoms with Crippen molar-refractivity contribution in [2.75, 3.05) is 0 Å². The van der Waals surface area contributed by atoms with Gasteiger partial charge in [-0.1, -0.05) is 106 Å². The molecule has 11 rings (SSSR count). The van der Waals surface area contributed by atoms with Gasteiger partial charge in [-0.3, -0.25) is 9.97 Å². The smallest absolute Gasteiger partial charge is 0.246 e. The molecule has 178 valence electrons. The van der Waals surface area contributed by atoms with Crippen molar-refractivity contribution in [3.05, 3.63) is 110 Å². The van der Waals surface area contributed by atoms with Crippen molar-refractivity contribution in [1.82, 2.24) is 9.97 Å². The van der Waals surface area contributed by atoms with Gasteiger partial charge in [-0.2, -0.15) is 0 Å². The minimum atomic E-state index is 0.171. The van der Waals surface area contributed by atoms with Crippen LogP contribution in [-0.4, -0.2) is 23.4 Å². The number of hydrogen-bond acceptors (Lipinski definition) is 2. The highest BCUT2D eigenvalue weighted by molar-refractivity contribution is 7.05. The van der Waals surface area contributed by atoms with Gasteiger partial charge in [0.25, 0.3) is 0 Å². The molecule has 0 saturated heterocycles. The highest BCUT2D eigenvalue weighted by Crippen LogP contribution is 2.48. The van der Waals surface area contributed by atoms with Crippen molar-refractivity contribution in [2.24, 2.45) is 0 Å². The van der Waals surface area contributed by atoms with E-state index in [0.717, 1.165) is 5.69 Å². The summed E-state index contributed by atoms with van der Waals surface area (Å²) >= 11 is 0. The van der Waals surface area contributed by atoms with Gasteiger partial charge in [-0.15, -0.1) is 0 Å². The zero-order chi connectivity index (χ0) is 25.7. The largest absolute Gasteiger partial charge is 0.264 e. The van der Waals surface area contributed by atoms with E-state index in [1.165, 1.54) is 93.3 Å². The Kier molecular flexibility index (Phi) is 3.31. The van der Waals surface area contributed by atoms with Gasteiger partial charge in [0.2, 0.25) is 13.4 Å². The summed E-state index contributed by atoms with van der Waals surface area (Å²) in [6, 6.07) is 34.0. The monoisotopic (exact) mass is 500 g/mol. The molecule has 0 radical (unpaired) electrons. The standard InChI is InChI=1S/C36H18B2N2/c1-6-19-9-4-13-26-28(19)21(10-1)30-32-23-18-39-17-15-24(23)37-25-12-3-8-20-7-2-11-22(29(20)25)31(34(32)37)33-35(30)38(26)27-14-5-16-40-36(27)33/h1-18H. The fourth-order valence-electron chi connectivity index (χ4n) is 8.77. The summed E-state index contributed by atoms with van der Waals surface area (Å²) in [7, 11) is 0. The molecule has 4 aliphatic rings. The molecule has 4 aliphatic heterocycles. The third-order valence-electron chi connectivity index (χ3n) is 10.0. The summed E-state index contributed by atoms with van der Waals surface area (Å²) in [6.45, 7) is 0.357. The molecule has 0 N–H and O–H groups in total. The molecule has 40 heavy (non-hydrogen) atoms. The summed E-state index contributed by atoms with van der Waals surface area (Å²) in [4.78, 5) is 9.83. The van der Waals surface area contributed by atoms with Crippen molar-refractivity contribution < 1.29 is 0 Å². The van der Waals surface area contributed by atoms with Crippen molar-refractivity contribution in [2.45, 2.75) is 0 Å². The van der Waals surface area contributed by atoms with Crippen LogP contribution in [0.25, 0.3) is 66.2 Å². The topological polar surface area (TPSA) is 25.8 Å². The summed E-state index contributed by atoms with van der Waals surface area (Å²) in [6.07, 6.45) is 6.07. The van der Waals surface area contributed by atoms with Crippen LogP contribution >= 0.6 is 0 Å². The van der Waals surface area contributed by atoms with Gasteiger partial charge in [0.15, 0.2) is 0 Å². The number of nitrogens with zero attached hydrogens (tertiary/aromatic N) is 2. The maximum atomic E-state index is 5.13. The normalized spacial score (nSPS) is 13.9. The second kappa shape index (κ2) is 6.60. The lowest BCUT2D eigenvalue weighted by Crippen LogP contribution is -2.54. The number of fused-ring (bicyclic) bond motifs is 12. The average Bonchev–Trinajstić information content (AvgIpc) is 3.53. The van der Waals surface area contributed by atoms with Gasteiger partial charge in [0.05, 0.1) is 5.69 Å². The number of pyridine rings is 2. The molecule has 0 amide bonds. The Hall–Kier alpha value is -4.95. The van der Waals surface area contributed by atoms with Gasteiger partial charge in [-0.05, 0) is 72.5 Å². The molecule has 7 aromatic rings. The molecule has 0 saturated carbocycles. The average molecular weight is 500 g/mol.